The number of rotatable bonds is 3. The second-order valence-electron chi connectivity index (χ2n) is 6.32. The number of ether oxygens (including phenoxy) is 1. The lowest BCUT2D eigenvalue weighted by molar-refractivity contribution is -0.124. The summed E-state index contributed by atoms with van der Waals surface area (Å²) in [5.41, 5.74) is 6.07. The van der Waals surface area contributed by atoms with Crippen LogP contribution in [0.3, 0.4) is 0 Å². The van der Waals surface area contributed by atoms with Crippen molar-refractivity contribution in [2.45, 2.75) is 12.0 Å². The van der Waals surface area contributed by atoms with Gasteiger partial charge in [0.2, 0.25) is 0 Å². The molecule has 7 nitrogen and oxygen atoms in total. The minimum atomic E-state index is -1.01. The highest BCUT2D eigenvalue weighted by Crippen LogP contribution is 2.58. The quantitative estimate of drug-likeness (QED) is 0.853. The van der Waals surface area contributed by atoms with Crippen LogP contribution in [-0.2, 0) is 9.53 Å². The smallest absolute Gasteiger partial charge is 0.415 e. The summed E-state index contributed by atoms with van der Waals surface area (Å²) in [5, 5.41) is 10.7. The molecule has 0 radical (unpaired) electrons. The third kappa shape index (κ3) is 2.25. The number of hydroxylamine groups is 2. The Hall–Kier alpha value is -2.19. The van der Waals surface area contributed by atoms with E-state index in [2.05, 4.69) is 0 Å². The fourth-order valence-corrected chi connectivity index (χ4v) is 3.74. The molecule has 0 aromatic heterocycles. The zero-order valence-electron chi connectivity index (χ0n) is 12.2. The number of carbonyl (C=O) groups is 2. The number of carbonyl (C=O) groups excluding carboxylic acids is 2. The minimum Gasteiger partial charge on any atom is -0.434 e. The van der Waals surface area contributed by atoms with Crippen LogP contribution in [0.15, 0.2) is 18.2 Å². The summed E-state index contributed by atoms with van der Waals surface area (Å²) in [6, 6.07) is 4.60. The Morgan fingerprint density at radius 2 is 2.00 bits per heavy atom. The summed E-state index contributed by atoms with van der Waals surface area (Å²) < 4.78 is 19.3. The van der Waals surface area contributed by atoms with Crippen molar-refractivity contribution in [2.75, 3.05) is 24.5 Å². The first-order valence-corrected chi connectivity index (χ1v) is 7.46. The van der Waals surface area contributed by atoms with Gasteiger partial charge >= 0.3 is 6.09 Å². The van der Waals surface area contributed by atoms with E-state index in [0.717, 1.165) is 0 Å². The molecule has 1 aliphatic carbocycles. The molecular weight excluding hydrogens is 305 g/mol. The largest absolute Gasteiger partial charge is 0.434 e. The van der Waals surface area contributed by atoms with Gasteiger partial charge in [0, 0.05) is 13.1 Å². The topological polar surface area (TPSA) is 96.1 Å². The molecule has 3 fully saturated rings. The van der Waals surface area contributed by atoms with Crippen LogP contribution < -0.4 is 10.6 Å². The highest BCUT2D eigenvalue weighted by molar-refractivity contribution is 5.95. The molecule has 2 heterocycles. The van der Waals surface area contributed by atoms with Gasteiger partial charge in [0.05, 0.1) is 12.2 Å². The van der Waals surface area contributed by atoms with Crippen molar-refractivity contribution < 1.29 is 23.9 Å². The normalized spacial score (nSPS) is 32.8. The Labute approximate surface area is 131 Å². The number of piperidine rings is 1. The number of fused-ring (bicyclic) bond motifs is 1. The molecule has 0 bridgehead atoms. The van der Waals surface area contributed by atoms with Gasteiger partial charge in [-0.25, -0.2) is 9.18 Å². The zero-order chi connectivity index (χ0) is 16.3. The van der Waals surface area contributed by atoms with E-state index >= 15 is 0 Å². The second kappa shape index (κ2) is 4.90. The van der Waals surface area contributed by atoms with Crippen LogP contribution in [0.1, 0.15) is 11.5 Å². The first-order chi connectivity index (χ1) is 11.0. The second-order valence-corrected chi connectivity index (χ2v) is 6.32. The van der Waals surface area contributed by atoms with E-state index < -0.39 is 18.1 Å². The predicted octanol–water partition coefficient (Wildman–Crippen LogP) is 0.671. The van der Waals surface area contributed by atoms with Crippen LogP contribution in [0.2, 0.25) is 0 Å². The number of hydrogen-bond acceptors (Lipinski definition) is 5. The molecule has 23 heavy (non-hydrogen) atoms. The van der Waals surface area contributed by atoms with Crippen LogP contribution in [-0.4, -0.2) is 48.0 Å². The molecule has 4 rings (SSSR count). The van der Waals surface area contributed by atoms with Crippen molar-refractivity contribution in [3.05, 3.63) is 29.6 Å². The van der Waals surface area contributed by atoms with Gasteiger partial charge in [-0.1, -0.05) is 6.07 Å². The molecule has 2 aliphatic heterocycles. The number of halogens is 1. The maximum absolute atomic E-state index is 14.4. The first kappa shape index (κ1) is 14.4. The number of primary amides is 1. The molecular formula is C15H16FN3O4. The van der Waals surface area contributed by atoms with Crippen LogP contribution in [0, 0.1) is 17.7 Å². The fraction of sp³-hybridized carbons (Fsp3) is 0.467. The Kier molecular flexibility index (Phi) is 3.07. The SMILES string of the molecule is NC(=O)C1CN(c2ccc(C3C4CN(O)CC43)c(F)c2)C(=O)O1. The average Bonchev–Trinajstić information content (AvgIpc) is 2.84. The van der Waals surface area contributed by atoms with E-state index in [1.807, 2.05) is 0 Å². The summed E-state index contributed by atoms with van der Waals surface area (Å²) in [4.78, 5) is 24.1. The molecule has 1 saturated carbocycles. The summed E-state index contributed by atoms with van der Waals surface area (Å²) in [6.07, 6.45) is -1.72. The summed E-state index contributed by atoms with van der Waals surface area (Å²) in [5.74, 6) is -0.414. The van der Waals surface area contributed by atoms with Gasteiger partial charge < -0.3 is 15.7 Å². The molecule has 122 valence electrons. The maximum Gasteiger partial charge on any atom is 0.415 e. The van der Waals surface area contributed by atoms with Gasteiger partial charge in [-0.15, -0.1) is 0 Å². The van der Waals surface area contributed by atoms with Crippen LogP contribution in [0.5, 0.6) is 0 Å². The Balaban J connectivity index is 1.53. The van der Waals surface area contributed by atoms with Gasteiger partial charge in [-0.3, -0.25) is 9.69 Å². The van der Waals surface area contributed by atoms with Crippen molar-refractivity contribution in [3.63, 3.8) is 0 Å². The first-order valence-electron chi connectivity index (χ1n) is 7.46. The molecule has 1 aromatic rings. The maximum atomic E-state index is 14.4. The number of nitrogens with two attached hydrogens (primary N) is 1. The molecule has 3 unspecified atom stereocenters. The van der Waals surface area contributed by atoms with E-state index in [-0.39, 0.29) is 30.1 Å². The van der Waals surface area contributed by atoms with E-state index in [0.29, 0.717) is 24.3 Å². The van der Waals surface area contributed by atoms with Gasteiger partial charge in [-0.2, -0.15) is 5.06 Å². The standard InChI is InChI=1S/C15H16FN3O4/c16-11-3-7(19-6-12(14(17)20)23-15(19)21)1-2-8(11)13-9-4-18(22)5-10(9)13/h1-3,9-10,12-13,22H,4-6H2,(H2,17,20). The van der Waals surface area contributed by atoms with Gasteiger partial charge in [0.15, 0.2) is 6.10 Å². The number of anilines is 1. The van der Waals surface area contributed by atoms with E-state index in [9.17, 15) is 19.2 Å². The van der Waals surface area contributed by atoms with Crippen molar-refractivity contribution in [1.29, 1.82) is 0 Å². The van der Waals surface area contributed by atoms with Gasteiger partial charge in [0.25, 0.3) is 5.91 Å². The number of benzene rings is 1. The van der Waals surface area contributed by atoms with Crippen molar-refractivity contribution >= 4 is 17.7 Å². The highest BCUT2D eigenvalue weighted by Gasteiger charge is 2.57. The van der Waals surface area contributed by atoms with Crippen LogP contribution >= 0.6 is 0 Å². The Bertz CT molecular complexity index is 685. The fourth-order valence-electron chi connectivity index (χ4n) is 3.74. The molecule has 3 atom stereocenters. The van der Waals surface area contributed by atoms with E-state index in [1.165, 1.54) is 16.0 Å². The Morgan fingerprint density at radius 1 is 1.30 bits per heavy atom. The molecule has 2 amide bonds. The van der Waals surface area contributed by atoms with E-state index in [1.54, 1.807) is 12.1 Å². The zero-order valence-corrected chi connectivity index (χ0v) is 12.2. The van der Waals surface area contributed by atoms with Crippen molar-refractivity contribution in [2.24, 2.45) is 17.6 Å². The lowest BCUT2D eigenvalue weighted by Crippen LogP contribution is -2.32. The number of hydrogen-bond donors (Lipinski definition) is 2. The molecule has 3 aliphatic rings. The third-order valence-electron chi connectivity index (χ3n) is 4.96. The molecule has 2 saturated heterocycles. The lowest BCUT2D eigenvalue weighted by Gasteiger charge is -2.15. The third-order valence-corrected chi connectivity index (χ3v) is 4.96. The highest BCUT2D eigenvalue weighted by atomic mass is 19.1. The van der Waals surface area contributed by atoms with Crippen LogP contribution in [0.4, 0.5) is 14.9 Å². The number of amides is 2. The molecule has 3 N–H and O–H groups in total. The number of nitrogens with zero attached hydrogens (tertiary/aromatic N) is 2. The van der Waals surface area contributed by atoms with E-state index in [4.69, 9.17) is 10.5 Å². The molecule has 1 aromatic carbocycles. The van der Waals surface area contributed by atoms with Gasteiger partial charge in [-0.05, 0) is 35.4 Å². The number of cyclic esters (lactones) is 1. The minimum absolute atomic E-state index is 0.0128. The molecule has 0 spiro atoms. The lowest BCUT2D eigenvalue weighted by atomic mass is 10.1. The van der Waals surface area contributed by atoms with Crippen molar-refractivity contribution in [1.82, 2.24) is 5.06 Å². The summed E-state index contributed by atoms with van der Waals surface area (Å²) in [6.45, 7) is 1.12. The average molecular weight is 321 g/mol. The van der Waals surface area contributed by atoms with Gasteiger partial charge in [0.1, 0.15) is 5.82 Å². The Morgan fingerprint density at radius 3 is 2.57 bits per heavy atom. The van der Waals surface area contributed by atoms with Crippen LogP contribution in [0.25, 0.3) is 0 Å². The predicted molar refractivity (Wildman–Crippen MR) is 76.3 cm³/mol. The monoisotopic (exact) mass is 321 g/mol. The molecule has 8 heteroatoms. The van der Waals surface area contributed by atoms with Crippen molar-refractivity contribution in [3.8, 4) is 0 Å². The summed E-state index contributed by atoms with van der Waals surface area (Å²) in [7, 11) is 0. The summed E-state index contributed by atoms with van der Waals surface area (Å²) >= 11 is 0.